The molecule has 4 aliphatic carbocycles. The number of methoxy groups -OCH3 is 5. The van der Waals surface area contributed by atoms with Gasteiger partial charge in [-0.15, -0.1) is 0 Å². The largest absolute Gasteiger partial charge is 0.497 e. The topological polar surface area (TPSA) is 374 Å². The maximum atomic E-state index is 12.9. The first-order chi connectivity index (χ1) is 57.1. The first-order valence-electron chi connectivity index (χ1n) is 41.9. The fourth-order valence-electron chi connectivity index (χ4n) is 19.8. The minimum absolute atomic E-state index is 0.0452. The van der Waals surface area contributed by atoms with Crippen molar-refractivity contribution in [3.63, 3.8) is 0 Å². The Balaban J connectivity index is 0.000000188. The van der Waals surface area contributed by atoms with Crippen molar-refractivity contribution in [3.05, 3.63) is 142 Å². The summed E-state index contributed by atoms with van der Waals surface area (Å²) in [4.78, 5) is 45.6. The second-order valence-corrected chi connectivity index (χ2v) is 34.9. The van der Waals surface area contributed by atoms with Gasteiger partial charge in [0.25, 0.3) is 11.8 Å². The molecule has 5 aromatic rings. The van der Waals surface area contributed by atoms with Gasteiger partial charge in [0.15, 0.2) is 41.9 Å². The van der Waals surface area contributed by atoms with Crippen LogP contribution in [0.5, 0.6) is 28.7 Å². The average Bonchev–Trinajstić information content (AvgIpc) is 1.55. The van der Waals surface area contributed by atoms with Gasteiger partial charge < -0.3 is 108 Å². The van der Waals surface area contributed by atoms with Crippen molar-refractivity contribution in [1.82, 2.24) is 14.8 Å². The Morgan fingerprint density at radius 3 is 1.88 bits per heavy atom. The number of ether oxygens (including phenoxy) is 12. The van der Waals surface area contributed by atoms with Crippen LogP contribution in [0, 0.1) is 57.2 Å². The van der Waals surface area contributed by atoms with Crippen LogP contribution >= 0.6 is 11.6 Å². The summed E-state index contributed by atoms with van der Waals surface area (Å²) in [6, 6.07) is 29.1. The third-order valence-electron chi connectivity index (χ3n) is 26.9. The molecule has 0 radical (unpaired) electrons. The normalized spacial score (nSPS) is 31.7. The van der Waals surface area contributed by atoms with Gasteiger partial charge in [-0.2, -0.15) is 5.26 Å². The molecule has 1 unspecified atom stereocenters. The minimum Gasteiger partial charge on any atom is -0.497 e. The van der Waals surface area contributed by atoms with Gasteiger partial charge >= 0.3 is 5.97 Å². The Bertz CT molecular complexity index is 4370. The number of aromatic nitrogens is 1. The van der Waals surface area contributed by atoms with Crippen LogP contribution in [0.3, 0.4) is 0 Å². The lowest BCUT2D eigenvalue weighted by Crippen LogP contribution is -2.67. The van der Waals surface area contributed by atoms with E-state index in [1.807, 2.05) is 44.2 Å². The molecule has 9 N–H and O–H groups in total. The summed E-state index contributed by atoms with van der Waals surface area (Å²) in [6.07, 6.45) is 2.52. The van der Waals surface area contributed by atoms with Gasteiger partial charge in [-0.05, 0) is 223 Å². The van der Waals surface area contributed by atoms with Crippen molar-refractivity contribution >= 4 is 46.7 Å². The number of nitrogens with one attached hydrogen (secondary N) is 3. The number of nitrogens with zero attached hydrogens (tertiary/aromatic N) is 4. The van der Waals surface area contributed by atoms with E-state index in [1.54, 1.807) is 116 Å². The van der Waals surface area contributed by atoms with Gasteiger partial charge in [-0.25, -0.2) is 9.78 Å². The lowest BCUT2D eigenvalue weighted by atomic mass is 9.42. The van der Waals surface area contributed by atoms with Crippen molar-refractivity contribution in [2.45, 2.75) is 235 Å². The monoisotopic (exact) mass is 1690 g/mol. The summed E-state index contributed by atoms with van der Waals surface area (Å²) in [5.41, 5.74) is 2.31. The number of amides is 2. The SMILES string of the molecule is COc1ccc(CCN(C)CCCC(C#N)(c2ccc(OC)c(OC)c2)C(C)C)cc1OC.COc1ccc(NC(=O)c2ccc(C(=N)N(C)C)cc2)c(C(=O)Nc2ccc(Cl)cn2)c1.C[C@H]1O[C@@H](O[C@H]2[C@@H](O)C[C@H](O[C@H]3[C@@H](O)C[C@H](O[C@H]4CC[C@@]5(C)[C@H](CC[C@@H]6[C@@H]5C[C@@H](O)[C@]5(C)[C@@H](C7=CC(=O)OC7)CC[C@]65O)C4)O[C@@H]3C)O[C@@H]2C)C[C@H](O)[C@@H]1O. The smallest absolute Gasteiger partial charge is 0.331 e. The Kier molecular flexibility index (Phi) is 30.9. The maximum Gasteiger partial charge on any atom is 0.331 e. The number of benzene rings is 4. The van der Waals surface area contributed by atoms with E-state index in [-0.39, 0.29) is 72.6 Å². The number of nitriles is 1. The number of anilines is 2. The van der Waals surface area contributed by atoms with E-state index < -0.39 is 108 Å². The molecule has 1 aromatic heterocycles. The highest BCUT2D eigenvalue weighted by Gasteiger charge is 2.71. The van der Waals surface area contributed by atoms with E-state index in [4.69, 9.17) is 73.9 Å². The predicted molar refractivity (Wildman–Crippen MR) is 449 cm³/mol. The first kappa shape index (κ1) is 92.6. The zero-order valence-corrected chi connectivity index (χ0v) is 72.5. The molecule has 120 heavy (non-hydrogen) atoms. The van der Waals surface area contributed by atoms with Crippen molar-refractivity contribution in [1.29, 1.82) is 10.7 Å². The van der Waals surface area contributed by atoms with Gasteiger partial charge in [0.1, 0.15) is 42.3 Å². The number of halogens is 1. The van der Waals surface area contributed by atoms with E-state index >= 15 is 0 Å². The fraction of sp³-hybridized carbons (Fsp3) is 0.604. The van der Waals surface area contributed by atoms with Gasteiger partial charge in [-0.3, -0.25) is 15.0 Å². The molecule has 4 aromatic carbocycles. The summed E-state index contributed by atoms with van der Waals surface area (Å²) in [5, 5.41) is 91.0. The van der Waals surface area contributed by atoms with Crippen LogP contribution in [-0.4, -0.2) is 237 Å². The summed E-state index contributed by atoms with van der Waals surface area (Å²) in [6.45, 7) is 16.0. The number of likely N-dealkylation sites (N-methyl/N-ethyl adjacent to an activating group) is 1. The lowest BCUT2D eigenvalue weighted by Gasteiger charge is -2.65. The number of fused-ring (bicyclic) bond motifs is 5. The molecule has 3 saturated heterocycles. The molecule has 8 aliphatic rings. The zero-order chi connectivity index (χ0) is 86.9. The van der Waals surface area contributed by atoms with Crippen molar-refractivity contribution in [3.8, 4) is 34.8 Å². The van der Waals surface area contributed by atoms with E-state index in [2.05, 4.69) is 60.5 Å². The van der Waals surface area contributed by atoms with E-state index in [0.29, 0.717) is 69.5 Å². The Morgan fingerprint density at radius 2 is 1.30 bits per heavy atom. The van der Waals surface area contributed by atoms with Crippen LogP contribution in [0.1, 0.15) is 169 Å². The first-order valence-corrected chi connectivity index (χ1v) is 42.3. The van der Waals surface area contributed by atoms with Crippen molar-refractivity contribution < 1.29 is 102 Å². The lowest BCUT2D eigenvalue weighted by molar-refractivity contribution is -0.336. The molecule has 5 heterocycles. The van der Waals surface area contributed by atoms with Crippen LogP contribution in [-0.2, 0) is 49.8 Å². The molecule has 0 spiro atoms. The quantitative estimate of drug-likeness (QED) is 0.0107. The molecule has 656 valence electrons. The second kappa shape index (κ2) is 40.0. The number of hydrogen-bond acceptors (Lipinski definition) is 25. The van der Waals surface area contributed by atoms with Gasteiger partial charge in [-0.1, -0.05) is 63.6 Å². The zero-order valence-electron chi connectivity index (χ0n) is 71.8. The van der Waals surface area contributed by atoms with Crippen LogP contribution < -0.4 is 34.3 Å². The molecule has 0 bridgehead atoms. The third kappa shape index (κ3) is 20.4. The summed E-state index contributed by atoms with van der Waals surface area (Å²) < 4.78 is 68.9. The number of rotatable bonds is 26. The van der Waals surface area contributed by atoms with Crippen LogP contribution in [0.15, 0.2) is 109 Å². The standard InChI is InChI=1S/C41H64O14.C27H38N2O4.C23H22ClN5O3/c1-19-36(47)28(42)15-34(50-19)54-38-21(3)52-35(17-30(38)44)55-37-20(2)51-33(16-29(37)43)53-24-8-10-39(4)23(13-24)6-7-26-27(39)14-31(45)40(5)25(9-11-41(26,40)48)22-12-32(46)49-18-22;1-20(2)27(19-28,22-10-12-24(31-5)26(18-22)33-7)14-8-15-29(3)16-13-21-9-11-23(30-4)25(17-21)32-6;1-29(2)21(25)14-4-6-15(7-5-14)22(30)27-19-10-9-17(32-3)12-18(19)23(31)28-20-11-8-16(24)13-26-20/h12,19-21,23-31,33-38,42-45,47-48H,6-11,13-18H2,1-5H3;9-12,17-18,20H,8,13-16H2,1-7H3;4-13,25H,1-3H3,(H,27,30)(H,26,28,31)/t19-,20-,21-,23-,24+,25-,26-,27+,28+,29+,30+,31-,33+,34+,35+,36-,37-,38-,39+,40+,41+;;/m1../s1. The number of esters is 1. The van der Waals surface area contributed by atoms with Crippen LogP contribution in [0.25, 0.3) is 0 Å². The van der Waals surface area contributed by atoms with Crippen LogP contribution in [0.4, 0.5) is 11.5 Å². The molecular weight excluding hydrogens is 1560 g/mol. The van der Waals surface area contributed by atoms with Crippen LogP contribution in [0.2, 0.25) is 5.02 Å². The highest BCUT2D eigenvalue weighted by atomic mass is 35.5. The molecule has 22 atom stereocenters. The van der Waals surface area contributed by atoms with E-state index in [9.17, 15) is 50.3 Å². The molecule has 4 saturated carbocycles. The number of carbonyl (C=O) groups excluding carboxylic acids is 3. The van der Waals surface area contributed by atoms with Crippen molar-refractivity contribution in [2.75, 3.05) is 87.0 Å². The third-order valence-corrected chi connectivity index (χ3v) is 27.2. The molecule has 4 aliphatic heterocycles. The Hall–Kier alpha value is -8.09. The van der Waals surface area contributed by atoms with Gasteiger partial charge in [0.05, 0.1) is 118 Å². The molecule has 29 heteroatoms. The number of amidine groups is 1. The second-order valence-electron chi connectivity index (χ2n) is 34.5. The number of aliphatic hydroxyl groups is 6. The van der Waals surface area contributed by atoms with E-state index in [0.717, 1.165) is 93.5 Å². The molecule has 13 rings (SSSR count). The number of pyridine rings is 1. The summed E-state index contributed by atoms with van der Waals surface area (Å²) in [5.74, 6) is 3.45. The summed E-state index contributed by atoms with van der Waals surface area (Å²) >= 11 is 5.83. The van der Waals surface area contributed by atoms with E-state index in [1.165, 1.54) is 24.9 Å². The molecular formula is C91H124ClN7O21. The molecule has 2 amide bonds. The molecule has 28 nitrogen and oxygen atoms in total. The summed E-state index contributed by atoms with van der Waals surface area (Å²) in [7, 11) is 13.7. The highest BCUT2D eigenvalue weighted by molar-refractivity contribution is 6.30. The Morgan fingerprint density at radius 1 is 0.683 bits per heavy atom. The molecule has 7 fully saturated rings. The van der Waals surface area contributed by atoms with Gasteiger partial charge in [0, 0.05) is 68.7 Å². The highest BCUT2D eigenvalue weighted by Crippen LogP contribution is 2.70. The number of cyclic esters (lactones) is 1. The number of aliphatic hydroxyl groups excluding tert-OH is 5. The minimum atomic E-state index is -1.01. The Labute approximate surface area is 709 Å². The fourth-order valence-corrected chi connectivity index (χ4v) is 19.9. The number of hydrogen-bond donors (Lipinski definition) is 9. The average molecular weight is 1690 g/mol. The van der Waals surface area contributed by atoms with Crippen molar-refractivity contribution in [2.24, 2.45) is 40.4 Å². The number of carbonyl (C=O) groups is 3. The predicted octanol–water partition coefficient (Wildman–Crippen LogP) is 11.4. The van der Waals surface area contributed by atoms with Gasteiger partial charge in [0.2, 0.25) is 0 Å². The maximum absolute atomic E-state index is 12.9.